The maximum Gasteiger partial charge on any atom is 0.225 e. The fourth-order valence-corrected chi connectivity index (χ4v) is 4.28. The Morgan fingerprint density at radius 2 is 1.88 bits per heavy atom. The molecule has 0 saturated heterocycles. The zero-order chi connectivity index (χ0) is 18.0. The number of aromatic nitrogens is 2. The van der Waals surface area contributed by atoms with Crippen LogP contribution in [0.5, 0.6) is 0 Å². The molecular formula is C19H21ClFN3S. The van der Waals surface area contributed by atoms with Gasteiger partial charge in [0.05, 0.1) is 5.39 Å². The highest BCUT2D eigenvalue weighted by Gasteiger charge is 2.21. The third kappa shape index (κ3) is 3.62. The molecule has 0 aliphatic carbocycles. The lowest BCUT2D eigenvalue weighted by Crippen LogP contribution is -2.25. The van der Waals surface area contributed by atoms with Gasteiger partial charge in [-0.1, -0.05) is 25.5 Å². The predicted molar refractivity (Wildman–Crippen MR) is 105 cm³/mol. The number of fused-ring (bicyclic) bond motifs is 1. The molecule has 1 aromatic carbocycles. The van der Waals surface area contributed by atoms with E-state index >= 15 is 0 Å². The number of rotatable bonds is 6. The minimum Gasteiger partial charge on any atom is -0.356 e. The van der Waals surface area contributed by atoms with Gasteiger partial charge in [0.15, 0.2) is 0 Å². The fraction of sp³-hybridized carbons (Fsp3) is 0.368. The second-order valence-electron chi connectivity index (χ2n) is 5.97. The van der Waals surface area contributed by atoms with Crippen LogP contribution in [0.2, 0.25) is 5.28 Å². The largest absolute Gasteiger partial charge is 0.356 e. The molecule has 0 saturated carbocycles. The Hall–Kier alpha value is -1.72. The second-order valence-corrected chi connectivity index (χ2v) is 7.51. The van der Waals surface area contributed by atoms with Crippen LogP contribution in [0.3, 0.4) is 0 Å². The van der Waals surface area contributed by atoms with Gasteiger partial charge in [-0.2, -0.15) is 4.98 Å². The summed E-state index contributed by atoms with van der Waals surface area (Å²) in [4.78, 5) is 13.2. The summed E-state index contributed by atoms with van der Waals surface area (Å²) in [7, 11) is 0. The molecule has 2 aromatic heterocycles. The molecule has 0 spiro atoms. The Morgan fingerprint density at radius 3 is 2.52 bits per heavy atom. The van der Waals surface area contributed by atoms with E-state index in [0.29, 0.717) is 0 Å². The van der Waals surface area contributed by atoms with Gasteiger partial charge in [-0.15, -0.1) is 11.3 Å². The van der Waals surface area contributed by atoms with E-state index in [9.17, 15) is 4.39 Å². The minimum absolute atomic E-state index is 0.237. The summed E-state index contributed by atoms with van der Waals surface area (Å²) in [5.41, 5.74) is 2.05. The van der Waals surface area contributed by atoms with Gasteiger partial charge in [-0.3, -0.25) is 0 Å². The molecule has 0 aliphatic heterocycles. The molecule has 0 unspecified atom stereocenters. The third-order valence-corrected chi connectivity index (χ3v) is 5.45. The summed E-state index contributed by atoms with van der Waals surface area (Å²) in [5.74, 6) is 0.633. The van der Waals surface area contributed by atoms with Crippen molar-refractivity contribution < 1.29 is 4.39 Å². The quantitative estimate of drug-likeness (QED) is 0.487. The number of nitrogens with zero attached hydrogens (tertiary/aromatic N) is 3. The Balaban J connectivity index is 2.24. The van der Waals surface area contributed by atoms with Crippen LogP contribution < -0.4 is 4.90 Å². The van der Waals surface area contributed by atoms with E-state index < -0.39 is 0 Å². The lowest BCUT2D eigenvalue weighted by Gasteiger charge is -2.23. The van der Waals surface area contributed by atoms with E-state index in [4.69, 9.17) is 11.6 Å². The van der Waals surface area contributed by atoms with Crippen molar-refractivity contribution in [1.29, 1.82) is 0 Å². The number of benzene rings is 1. The van der Waals surface area contributed by atoms with Crippen LogP contribution in [0.25, 0.3) is 21.3 Å². The molecule has 132 valence electrons. The number of halogens is 2. The van der Waals surface area contributed by atoms with Gasteiger partial charge in [0, 0.05) is 23.5 Å². The monoisotopic (exact) mass is 377 g/mol. The van der Waals surface area contributed by atoms with Crippen molar-refractivity contribution in [3.63, 3.8) is 0 Å². The molecule has 6 heteroatoms. The number of unbranched alkanes of at least 4 members (excludes halogenated alkanes) is 1. The van der Waals surface area contributed by atoms with Crippen molar-refractivity contribution in [3.8, 4) is 11.1 Å². The van der Waals surface area contributed by atoms with Crippen molar-refractivity contribution in [2.24, 2.45) is 0 Å². The van der Waals surface area contributed by atoms with Crippen molar-refractivity contribution in [2.75, 3.05) is 18.0 Å². The first-order valence-corrected chi connectivity index (χ1v) is 9.72. The first-order chi connectivity index (χ1) is 12.0. The highest BCUT2D eigenvalue weighted by Crippen LogP contribution is 2.42. The Labute approximate surface area is 156 Å². The lowest BCUT2D eigenvalue weighted by atomic mass is 10.0. The van der Waals surface area contributed by atoms with Gasteiger partial charge in [0.25, 0.3) is 0 Å². The smallest absolute Gasteiger partial charge is 0.225 e. The highest BCUT2D eigenvalue weighted by molar-refractivity contribution is 7.19. The molecule has 3 aromatic rings. The number of hydrogen-bond acceptors (Lipinski definition) is 4. The summed E-state index contributed by atoms with van der Waals surface area (Å²) < 4.78 is 13.3. The normalized spacial score (nSPS) is 11.2. The van der Waals surface area contributed by atoms with Crippen molar-refractivity contribution in [2.45, 2.75) is 33.6 Å². The van der Waals surface area contributed by atoms with Crippen LogP contribution in [0.4, 0.5) is 10.2 Å². The predicted octanol–water partition coefficient (Wildman–Crippen LogP) is 6.09. The summed E-state index contributed by atoms with van der Waals surface area (Å²) in [6, 6.07) is 6.60. The van der Waals surface area contributed by atoms with E-state index in [1.165, 1.54) is 12.1 Å². The van der Waals surface area contributed by atoms with Gasteiger partial charge >= 0.3 is 0 Å². The van der Waals surface area contributed by atoms with E-state index in [2.05, 4.69) is 35.6 Å². The van der Waals surface area contributed by atoms with Gasteiger partial charge in [-0.25, -0.2) is 9.37 Å². The lowest BCUT2D eigenvalue weighted by molar-refractivity contribution is 0.628. The Morgan fingerprint density at radius 1 is 1.16 bits per heavy atom. The van der Waals surface area contributed by atoms with Gasteiger partial charge < -0.3 is 4.90 Å². The first-order valence-electron chi connectivity index (χ1n) is 8.52. The molecule has 0 N–H and O–H groups in total. The van der Waals surface area contributed by atoms with Crippen molar-refractivity contribution in [3.05, 3.63) is 40.2 Å². The molecular weight excluding hydrogens is 357 g/mol. The van der Waals surface area contributed by atoms with E-state index in [-0.39, 0.29) is 11.1 Å². The number of hydrogen-bond donors (Lipinski definition) is 0. The summed E-state index contributed by atoms with van der Waals surface area (Å²) in [6.07, 6.45) is 2.21. The topological polar surface area (TPSA) is 29.0 Å². The highest BCUT2D eigenvalue weighted by atomic mass is 35.5. The Kier molecular flexibility index (Phi) is 5.54. The molecule has 0 aliphatic rings. The average Bonchev–Trinajstić information content (AvgIpc) is 2.91. The Bertz CT molecular complexity index is 877. The second kappa shape index (κ2) is 7.67. The number of anilines is 1. The minimum atomic E-state index is -0.237. The maximum absolute atomic E-state index is 13.3. The molecule has 0 atom stereocenters. The molecule has 0 radical (unpaired) electrons. The number of thiophene rings is 1. The summed E-state index contributed by atoms with van der Waals surface area (Å²) in [5, 5.41) is 1.28. The molecule has 25 heavy (non-hydrogen) atoms. The van der Waals surface area contributed by atoms with Gasteiger partial charge in [-0.05, 0) is 49.6 Å². The third-order valence-electron chi connectivity index (χ3n) is 4.28. The van der Waals surface area contributed by atoms with Crippen LogP contribution in [-0.2, 0) is 0 Å². The zero-order valence-electron chi connectivity index (χ0n) is 14.6. The molecule has 0 bridgehead atoms. The fourth-order valence-electron chi connectivity index (χ4n) is 3.02. The van der Waals surface area contributed by atoms with E-state index in [0.717, 1.165) is 58.0 Å². The average molecular weight is 378 g/mol. The van der Waals surface area contributed by atoms with Crippen LogP contribution in [0, 0.1) is 12.7 Å². The van der Waals surface area contributed by atoms with Gasteiger partial charge in [0.2, 0.25) is 5.28 Å². The number of aryl methyl sites for hydroxylation is 1. The standard InChI is InChI=1S/C19H21ClFN3S/c1-4-6-11-24(5-2)17-16-15(13-7-9-14(21)10-8-13)12(3)25-18(16)23-19(20)22-17/h7-10H,4-6,11H2,1-3H3. The summed E-state index contributed by atoms with van der Waals surface area (Å²) >= 11 is 7.80. The van der Waals surface area contributed by atoms with Crippen molar-refractivity contribution >= 4 is 39.0 Å². The van der Waals surface area contributed by atoms with E-state index in [1.807, 2.05) is 12.1 Å². The van der Waals surface area contributed by atoms with Crippen LogP contribution in [0.15, 0.2) is 24.3 Å². The van der Waals surface area contributed by atoms with Crippen LogP contribution in [-0.4, -0.2) is 23.1 Å². The molecule has 0 amide bonds. The van der Waals surface area contributed by atoms with Crippen LogP contribution in [0.1, 0.15) is 31.6 Å². The van der Waals surface area contributed by atoms with Gasteiger partial charge in [0.1, 0.15) is 16.5 Å². The molecule has 3 nitrogen and oxygen atoms in total. The first kappa shape index (κ1) is 18.1. The maximum atomic E-state index is 13.3. The van der Waals surface area contributed by atoms with Crippen LogP contribution >= 0.6 is 22.9 Å². The molecule has 3 rings (SSSR count). The zero-order valence-corrected chi connectivity index (χ0v) is 16.2. The molecule has 2 heterocycles. The summed E-state index contributed by atoms with van der Waals surface area (Å²) in [6.45, 7) is 8.13. The molecule has 0 fully saturated rings. The van der Waals surface area contributed by atoms with Crippen molar-refractivity contribution in [1.82, 2.24) is 9.97 Å². The SMILES string of the molecule is CCCCN(CC)c1nc(Cl)nc2sc(C)c(-c3ccc(F)cc3)c12. The van der Waals surface area contributed by atoms with E-state index in [1.54, 1.807) is 11.3 Å².